The average Bonchev–Trinajstić information content (AvgIpc) is 2.93. The van der Waals surface area contributed by atoms with Crippen molar-refractivity contribution in [2.24, 2.45) is 0 Å². The van der Waals surface area contributed by atoms with E-state index in [-0.39, 0.29) is 11.4 Å². The molecule has 1 N–H and O–H groups in total. The Kier molecular flexibility index (Phi) is 4.42. The molecule has 3 aromatic rings. The van der Waals surface area contributed by atoms with Crippen LogP contribution in [-0.4, -0.2) is 15.7 Å². The summed E-state index contributed by atoms with van der Waals surface area (Å²) in [6, 6.07) is 15.9. The van der Waals surface area contributed by atoms with Crippen molar-refractivity contribution in [3.8, 4) is 0 Å². The van der Waals surface area contributed by atoms with Gasteiger partial charge >= 0.3 is 0 Å². The summed E-state index contributed by atoms with van der Waals surface area (Å²) in [6.45, 7) is 4.51. The van der Waals surface area contributed by atoms with Gasteiger partial charge in [-0.1, -0.05) is 42.0 Å². The number of hydrogen-bond donors (Lipinski definition) is 1. The van der Waals surface area contributed by atoms with Gasteiger partial charge in [0.2, 0.25) is 0 Å². The molecule has 4 nitrogen and oxygen atoms in total. The Labute approximate surface area is 139 Å². The summed E-state index contributed by atoms with van der Waals surface area (Å²) in [5.41, 5.74) is 3.58. The molecular weight excluding hydrogens is 305 g/mol. The number of aromatic nitrogens is 2. The van der Waals surface area contributed by atoms with Crippen molar-refractivity contribution in [1.82, 2.24) is 9.78 Å². The monoisotopic (exact) mass is 323 g/mol. The average molecular weight is 323 g/mol. The Hall–Kier alpha value is -2.95. The van der Waals surface area contributed by atoms with Gasteiger partial charge in [-0.2, -0.15) is 5.10 Å². The quantitative estimate of drug-likeness (QED) is 0.790. The highest BCUT2D eigenvalue weighted by molar-refractivity contribution is 6.02. The van der Waals surface area contributed by atoms with Crippen molar-refractivity contribution in [2.45, 2.75) is 20.4 Å². The van der Waals surface area contributed by atoms with Crippen molar-refractivity contribution < 1.29 is 9.18 Å². The Morgan fingerprint density at radius 2 is 1.83 bits per heavy atom. The standard InChI is InChI=1S/C19H18FN3O/c1-13-7-9-15(10-8-13)12-23-14(2)11-18(22-23)19(24)21-17-6-4-3-5-16(17)20/h3-11H,12H2,1-2H3,(H,21,24). The Bertz CT molecular complexity index is 869. The molecule has 24 heavy (non-hydrogen) atoms. The molecule has 0 saturated carbocycles. The van der Waals surface area contributed by atoms with Gasteiger partial charge in [0.05, 0.1) is 12.2 Å². The smallest absolute Gasteiger partial charge is 0.276 e. The van der Waals surface area contributed by atoms with Crippen LogP contribution in [-0.2, 0) is 6.54 Å². The predicted molar refractivity (Wildman–Crippen MR) is 91.6 cm³/mol. The van der Waals surface area contributed by atoms with Gasteiger partial charge in [-0.3, -0.25) is 9.48 Å². The molecule has 1 heterocycles. The van der Waals surface area contributed by atoms with E-state index in [0.717, 1.165) is 11.3 Å². The van der Waals surface area contributed by atoms with Gasteiger partial charge in [0.1, 0.15) is 5.82 Å². The number of para-hydroxylation sites is 1. The number of halogens is 1. The third-order valence-corrected chi connectivity index (χ3v) is 3.79. The SMILES string of the molecule is Cc1ccc(Cn2nc(C(=O)Nc3ccccc3F)cc2C)cc1. The van der Waals surface area contributed by atoms with E-state index in [0.29, 0.717) is 6.54 Å². The van der Waals surface area contributed by atoms with Crippen molar-refractivity contribution in [2.75, 3.05) is 5.32 Å². The molecule has 5 heteroatoms. The number of amides is 1. The number of anilines is 1. The van der Waals surface area contributed by atoms with Crippen LogP contribution in [0, 0.1) is 19.7 Å². The van der Waals surface area contributed by atoms with E-state index in [2.05, 4.69) is 10.4 Å². The highest BCUT2D eigenvalue weighted by Gasteiger charge is 2.14. The van der Waals surface area contributed by atoms with E-state index >= 15 is 0 Å². The van der Waals surface area contributed by atoms with Crippen LogP contribution in [0.2, 0.25) is 0 Å². The van der Waals surface area contributed by atoms with Crippen LogP contribution in [0.4, 0.5) is 10.1 Å². The first-order chi connectivity index (χ1) is 11.5. The maximum atomic E-state index is 13.6. The summed E-state index contributed by atoms with van der Waals surface area (Å²) in [6.07, 6.45) is 0. The van der Waals surface area contributed by atoms with Crippen molar-refractivity contribution in [1.29, 1.82) is 0 Å². The van der Waals surface area contributed by atoms with Gasteiger partial charge in [-0.15, -0.1) is 0 Å². The first-order valence-corrected chi connectivity index (χ1v) is 7.69. The van der Waals surface area contributed by atoms with Crippen LogP contribution in [0.15, 0.2) is 54.6 Å². The Morgan fingerprint density at radius 1 is 1.12 bits per heavy atom. The molecule has 0 radical (unpaired) electrons. The van der Waals surface area contributed by atoms with Crippen molar-refractivity contribution >= 4 is 11.6 Å². The summed E-state index contributed by atoms with van der Waals surface area (Å²) in [5, 5.41) is 6.88. The summed E-state index contributed by atoms with van der Waals surface area (Å²) in [5.74, 6) is -0.896. The van der Waals surface area contributed by atoms with Gasteiger partial charge in [0.25, 0.3) is 5.91 Å². The largest absolute Gasteiger partial charge is 0.318 e. The van der Waals surface area contributed by atoms with Crippen LogP contribution in [0.1, 0.15) is 27.3 Å². The molecule has 0 fully saturated rings. The molecule has 0 aliphatic heterocycles. The normalized spacial score (nSPS) is 10.6. The summed E-state index contributed by atoms with van der Waals surface area (Å²) >= 11 is 0. The van der Waals surface area contributed by atoms with Crippen LogP contribution in [0.5, 0.6) is 0 Å². The van der Waals surface area contributed by atoms with Crippen LogP contribution in [0.3, 0.4) is 0 Å². The maximum absolute atomic E-state index is 13.6. The second-order valence-corrected chi connectivity index (χ2v) is 5.75. The number of carbonyl (C=O) groups is 1. The molecular formula is C19H18FN3O. The minimum Gasteiger partial charge on any atom is -0.318 e. The molecule has 0 spiro atoms. The molecule has 0 unspecified atom stereocenters. The molecule has 0 bridgehead atoms. The Balaban J connectivity index is 1.77. The fourth-order valence-corrected chi connectivity index (χ4v) is 2.40. The second kappa shape index (κ2) is 6.66. The van der Waals surface area contributed by atoms with Gasteiger partial charge in [0.15, 0.2) is 5.69 Å². The first-order valence-electron chi connectivity index (χ1n) is 7.69. The van der Waals surface area contributed by atoms with Crippen LogP contribution >= 0.6 is 0 Å². The summed E-state index contributed by atoms with van der Waals surface area (Å²) in [4.78, 5) is 12.3. The van der Waals surface area contributed by atoms with E-state index < -0.39 is 11.7 Å². The van der Waals surface area contributed by atoms with E-state index in [9.17, 15) is 9.18 Å². The highest BCUT2D eigenvalue weighted by atomic mass is 19.1. The zero-order valence-corrected chi connectivity index (χ0v) is 13.6. The van der Waals surface area contributed by atoms with Gasteiger partial charge < -0.3 is 5.32 Å². The topological polar surface area (TPSA) is 46.9 Å². The van der Waals surface area contributed by atoms with Gasteiger partial charge in [-0.25, -0.2) is 4.39 Å². The van der Waals surface area contributed by atoms with Crippen LogP contribution < -0.4 is 5.32 Å². The minimum absolute atomic E-state index is 0.147. The minimum atomic E-state index is -0.471. The lowest BCUT2D eigenvalue weighted by Gasteiger charge is -2.05. The lowest BCUT2D eigenvalue weighted by molar-refractivity contribution is 0.102. The highest BCUT2D eigenvalue weighted by Crippen LogP contribution is 2.15. The number of aryl methyl sites for hydroxylation is 2. The van der Waals surface area contributed by atoms with E-state index in [1.165, 1.54) is 17.7 Å². The molecule has 1 amide bonds. The molecule has 1 aromatic heterocycles. The van der Waals surface area contributed by atoms with Gasteiger partial charge in [-0.05, 0) is 37.6 Å². The number of benzene rings is 2. The second-order valence-electron chi connectivity index (χ2n) is 5.75. The lowest BCUT2D eigenvalue weighted by atomic mass is 10.1. The third-order valence-electron chi connectivity index (χ3n) is 3.79. The van der Waals surface area contributed by atoms with Gasteiger partial charge in [0, 0.05) is 5.69 Å². The first kappa shape index (κ1) is 15.9. The molecule has 2 aromatic carbocycles. The van der Waals surface area contributed by atoms with Crippen molar-refractivity contribution in [3.63, 3.8) is 0 Å². The number of nitrogens with zero attached hydrogens (tertiary/aromatic N) is 2. The maximum Gasteiger partial charge on any atom is 0.276 e. The predicted octanol–water partition coefficient (Wildman–Crippen LogP) is 3.94. The molecule has 0 atom stereocenters. The molecule has 122 valence electrons. The molecule has 0 aliphatic rings. The number of hydrogen-bond acceptors (Lipinski definition) is 2. The lowest BCUT2D eigenvalue weighted by Crippen LogP contribution is -2.14. The zero-order chi connectivity index (χ0) is 17.1. The zero-order valence-electron chi connectivity index (χ0n) is 13.6. The molecule has 3 rings (SSSR count). The van der Waals surface area contributed by atoms with E-state index in [1.54, 1.807) is 22.9 Å². The molecule has 0 saturated heterocycles. The van der Waals surface area contributed by atoms with E-state index in [4.69, 9.17) is 0 Å². The van der Waals surface area contributed by atoms with E-state index in [1.807, 2.05) is 38.1 Å². The third kappa shape index (κ3) is 3.51. The number of rotatable bonds is 4. The fourth-order valence-electron chi connectivity index (χ4n) is 2.40. The number of carbonyl (C=O) groups excluding carboxylic acids is 1. The summed E-state index contributed by atoms with van der Waals surface area (Å²) in [7, 11) is 0. The number of nitrogens with one attached hydrogen (secondary N) is 1. The molecule has 0 aliphatic carbocycles. The fraction of sp³-hybridized carbons (Fsp3) is 0.158. The Morgan fingerprint density at radius 3 is 2.54 bits per heavy atom. The summed E-state index contributed by atoms with van der Waals surface area (Å²) < 4.78 is 15.4. The van der Waals surface area contributed by atoms with Crippen molar-refractivity contribution in [3.05, 3.63) is 82.9 Å². The van der Waals surface area contributed by atoms with Crippen LogP contribution in [0.25, 0.3) is 0 Å².